The fourth-order valence-corrected chi connectivity index (χ4v) is 5.00. The smallest absolute Gasteiger partial charge is 0.282 e. The zero-order valence-corrected chi connectivity index (χ0v) is 21.6. The molecule has 0 saturated heterocycles. The van der Waals surface area contributed by atoms with Crippen molar-refractivity contribution in [2.75, 3.05) is 7.11 Å². The third-order valence-corrected chi connectivity index (χ3v) is 6.90. The second-order valence-corrected chi connectivity index (χ2v) is 9.31. The maximum absolute atomic E-state index is 14.0. The van der Waals surface area contributed by atoms with Crippen molar-refractivity contribution in [3.8, 4) is 11.4 Å². The fourth-order valence-electron chi connectivity index (χ4n) is 5.00. The standard InChI is InChI=1S/C32H24N6O2/c1-40-26-19-17-22(18-20-26)21-27-30(39)36(25-15-9-4-10-16-25)32-35-38-29(24-13-7-3-8-14-24)28(23-11-5-2-6-12-23)33-34-31(38)37(27)32/h2-21,33H,1H3/b27-21+. The number of hydrogen-bond acceptors (Lipinski definition) is 5. The molecule has 2 aromatic heterocycles. The molecule has 0 fully saturated rings. The number of hydrogen-bond donors (Lipinski definition) is 1. The summed E-state index contributed by atoms with van der Waals surface area (Å²) in [7, 11) is 1.63. The molecule has 1 aliphatic rings. The van der Waals surface area contributed by atoms with E-state index in [0.29, 0.717) is 16.7 Å². The maximum Gasteiger partial charge on any atom is 0.282 e. The molecular weight excluding hydrogens is 500 g/mol. The van der Waals surface area contributed by atoms with Crippen molar-refractivity contribution >= 4 is 23.2 Å². The Morgan fingerprint density at radius 1 is 0.775 bits per heavy atom. The number of fused-ring (bicyclic) bond motifs is 3. The molecular formula is C32H24N6O2. The molecule has 0 radical (unpaired) electrons. The summed E-state index contributed by atoms with van der Waals surface area (Å²) in [6, 6.07) is 37.2. The van der Waals surface area contributed by atoms with Gasteiger partial charge in [0, 0.05) is 11.1 Å². The second-order valence-electron chi connectivity index (χ2n) is 9.31. The molecule has 0 aliphatic carbocycles. The molecule has 8 nitrogen and oxygen atoms in total. The molecule has 6 aromatic rings. The topological polar surface area (TPSA) is 77.9 Å². The van der Waals surface area contributed by atoms with Crippen molar-refractivity contribution in [3.05, 3.63) is 153 Å². The van der Waals surface area contributed by atoms with E-state index < -0.39 is 0 Å². The largest absolute Gasteiger partial charge is 0.497 e. The number of rotatable bonds is 5. The van der Waals surface area contributed by atoms with Gasteiger partial charge in [-0.25, -0.2) is 8.97 Å². The Morgan fingerprint density at radius 2 is 1.40 bits per heavy atom. The lowest BCUT2D eigenvalue weighted by molar-refractivity contribution is 0.415. The van der Waals surface area contributed by atoms with Crippen molar-refractivity contribution < 1.29 is 4.74 Å². The highest BCUT2D eigenvalue weighted by Crippen LogP contribution is 2.26. The molecule has 0 amide bonds. The Kier molecular flexibility index (Phi) is 5.63. The second kappa shape index (κ2) is 9.59. The van der Waals surface area contributed by atoms with Crippen LogP contribution in [0.15, 0.2) is 125 Å². The molecule has 7 rings (SSSR count). The van der Waals surface area contributed by atoms with E-state index in [0.717, 1.165) is 39.5 Å². The quantitative estimate of drug-likeness (QED) is 0.374. The number of para-hydroxylation sites is 1. The number of nitrogens with zero attached hydrogens (tertiary/aromatic N) is 5. The molecule has 0 saturated carbocycles. The molecule has 0 spiro atoms. The third-order valence-electron chi connectivity index (χ3n) is 6.90. The summed E-state index contributed by atoms with van der Waals surface area (Å²) in [6.45, 7) is 0. The van der Waals surface area contributed by atoms with Gasteiger partial charge in [0.1, 0.15) is 16.8 Å². The summed E-state index contributed by atoms with van der Waals surface area (Å²) < 4.78 is 10.6. The number of methoxy groups -OCH3 is 1. The van der Waals surface area contributed by atoms with E-state index in [2.05, 4.69) is 5.43 Å². The van der Waals surface area contributed by atoms with Crippen LogP contribution in [0.4, 0.5) is 0 Å². The van der Waals surface area contributed by atoms with Crippen LogP contribution in [0, 0.1) is 0 Å². The van der Waals surface area contributed by atoms with Crippen LogP contribution in [0.1, 0.15) is 16.7 Å². The number of ether oxygens (including phenoxy) is 1. The average Bonchev–Trinajstić information content (AvgIpc) is 3.52. The summed E-state index contributed by atoms with van der Waals surface area (Å²) >= 11 is 0. The van der Waals surface area contributed by atoms with Gasteiger partial charge in [0.2, 0.25) is 5.78 Å². The van der Waals surface area contributed by atoms with Crippen molar-refractivity contribution in [1.29, 1.82) is 0 Å². The lowest BCUT2D eigenvalue weighted by Gasteiger charge is -2.19. The van der Waals surface area contributed by atoms with Gasteiger partial charge in [-0.3, -0.25) is 10.2 Å². The number of imidazole rings is 1. The molecule has 0 bridgehead atoms. The molecule has 0 unspecified atom stereocenters. The molecule has 1 aliphatic heterocycles. The Labute approximate surface area is 229 Å². The molecule has 8 heteroatoms. The third kappa shape index (κ3) is 3.82. The van der Waals surface area contributed by atoms with Crippen LogP contribution >= 0.6 is 0 Å². The van der Waals surface area contributed by atoms with Crippen molar-refractivity contribution in [2.24, 2.45) is 5.10 Å². The van der Waals surface area contributed by atoms with E-state index in [1.807, 2.05) is 126 Å². The summed E-state index contributed by atoms with van der Waals surface area (Å²) in [5, 5.41) is 10.2. The first-order valence-corrected chi connectivity index (χ1v) is 12.9. The van der Waals surface area contributed by atoms with Crippen LogP contribution in [-0.4, -0.2) is 25.9 Å². The molecule has 194 valence electrons. The van der Waals surface area contributed by atoms with E-state index in [1.54, 1.807) is 16.1 Å². The number of aromatic nitrogens is 4. The van der Waals surface area contributed by atoms with E-state index in [-0.39, 0.29) is 5.56 Å². The highest BCUT2D eigenvalue weighted by molar-refractivity contribution is 5.90. The van der Waals surface area contributed by atoms with Crippen LogP contribution in [0.3, 0.4) is 0 Å². The van der Waals surface area contributed by atoms with Gasteiger partial charge in [0.15, 0.2) is 0 Å². The SMILES string of the molecule is COc1ccc(/C=c2\c(=O)n(-c3ccccc3)c3nn4c(n23)=NNC(c2ccccc2)=C4c2ccccc2)cc1. The monoisotopic (exact) mass is 524 g/mol. The lowest BCUT2D eigenvalue weighted by atomic mass is 10.1. The van der Waals surface area contributed by atoms with Crippen molar-refractivity contribution in [2.45, 2.75) is 0 Å². The van der Waals surface area contributed by atoms with E-state index in [4.69, 9.17) is 14.9 Å². The fraction of sp³-hybridized carbons (Fsp3) is 0.0312. The summed E-state index contributed by atoms with van der Waals surface area (Å²) in [4.78, 5) is 14.0. The van der Waals surface area contributed by atoms with E-state index >= 15 is 0 Å². The molecule has 40 heavy (non-hydrogen) atoms. The predicted molar refractivity (Wildman–Crippen MR) is 154 cm³/mol. The highest BCUT2D eigenvalue weighted by Gasteiger charge is 2.25. The van der Waals surface area contributed by atoms with Gasteiger partial charge >= 0.3 is 0 Å². The van der Waals surface area contributed by atoms with Crippen LogP contribution in [-0.2, 0) is 0 Å². The van der Waals surface area contributed by atoms with Crippen molar-refractivity contribution in [3.63, 3.8) is 0 Å². The maximum atomic E-state index is 14.0. The zero-order chi connectivity index (χ0) is 27.1. The molecule has 4 aromatic carbocycles. The first kappa shape index (κ1) is 23.5. The molecule has 0 atom stereocenters. The minimum atomic E-state index is -0.192. The highest BCUT2D eigenvalue weighted by atomic mass is 16.5. The van der Waals surface area contributed by atoms with Crippen molar-refractivity contribution in [1.82, 2.24) is 24.2 Å². The van der Waals surface area contributed by atoms with Crippen LogP contribution in [0.2, 0.25) is 0 Å². The minimum Gasteiger partial charge on any atom is -0.497 e. The normalized spacial score (nSPS) is 13.2. The number of nitrogens with one attached hydrogen (secondary N) is 1. The van der Waals surface area contributed by atoms with E-state index in [9.17, 15) is 4.79 Å². The Hall–Kier alpha value is -5.63. The van der Waals surface area contributed by atoms with Crippen LogP contribution in [0.5, 0.6) is 5.75 Å². The van der Waals surface area contributed by atoms with E-state index in [1.165, 1.54) is 0 Å². The van der Waals surface area contributed by atoms with Crippen LogP contribution < -0.4 is 26.7 Å². The minimum absolute atomic E-state index is 0.192. The van der Waals surface area contributed by atoms with Gasteiger partial charge in [-0.2, -0.15) is 4.68 Å². The summed E-state index contributed by atoms with van der Waals surface area (Å²) in [6.07, 6.45) is 1.85. The van der Waals surface area contributed by atoms with Gasteiger partial charge in [-0.05, 0) is 35.9 Å². The average molecular weight is 525 g/mol. The van der Waals surface area contributed by atoms with Gasteiger partial charge in [0.05, 0.1) is 18.5 Å². The zero-order valence-electron chi connectivity index (χ0n) is 21.6. The Balaban J connectivity index is 1.58. The molecule has 1 N–H and O–H groups in total. The lowest BCUT2D eigenvalue weighted by Crippen LogP contribution is -2.39. The van der Waals surface area contributed by atoms with Gasteiger partial charge in [0.25, 0.3) is 11.2 Å². The van der Waals surface area contributed by atoms with Gasteiger partial charge in [-0.1, -0.05) is 91.0 Å². The summed E-state index contributed by atoms with van der Waals surface area (Å²) in [5.74, 6) is 1.20. The Morgan fingerprint density at radius 3 is 2.05 bits per heavy atom. The van der Waals surface area contributed by atoms with Gasteiger partial charge < -0.3 is 4.74 Å². The molecule has 3 heterocycles. The summed E-state index contributed by atoms with van der Waals surface area (Å²) in [5.41, 5.74) is 8.73. The van der Waals surface area contributed by atoms with Gasteiger partial charge in [-0.15, -0.1) is 10.2 Å². The number of benzene rings is 4. The first-order chi connectivity index (χ1) is 19.7. The van der Waals surface area contributed by atoms with Crippen LogP contribution in [0.25, 0.3) is 28.9 Å². The Bertz CT molecular complexity index is 2060. The predicted octanol–water partition coefficient (Wildman–Crippen LogP) is 3.64. The first-order valence-electron chi connectivity index (χ1n) is 12.9.